The standard InChI is InChI=1S/C59H99NO13/c1-3-5-7-9-11-13-15-17-19-21-23-24-25-27-29-31-33-35-37-39-41-43-51(64)60-47(48(63)42-40-38-36-34-32-30-28-26-22-20-18-16-14-12-10-8-6-4-2)46-70-58-56(69)54(67)57(50(45-62)72-58)73-59-55(68)53(66)52(65)49(44-61)71-59/h5,7,11,13,17,19,23-24,27,29,32-35,40,42,47-50,52-59,61-63,65-69H,3-4,6,8-10,12,14-16,18,20-22,25-26,28,30-31,36-39,41,43-46H2,1-2H3,(H,60,64)/b7-5-,13-11-,19-17-,24-23-,29-27-,34-32+,35-33-,42-40+. The van der Waals surface area contributed by atoms with Gasteiger partial charge in [0.25, 0.3) is 0 Å². The van der Waals surface area contributed by atoms with E-state index in [0.717, 1.165) is 64.2 Å². The molecule has 0 aromatic carbocycles. The van der Waals surface area contributed by atoms with Crippen molar-refractivity contribution in [3.8, 4) is 0 Å². The van der Waals surface area contributed by atoms with Crippen LogP contribution in [0.5, 0.6) is 0 Å². The van der Waals surface area contributed by atoms with Gasteiger partial charge in [-0.05, 0) is 83.5 Å². The van der Waals surface area contributed by atoms with Crippen LogP contribution in [0.15, 0.2) is 97.2 Å². The number of ether oxygens (including phenoxy) is 4. The van der Waals surface area contributed by atoms with Crippen LogP contribution in [0, 0.1) is 0 Å². The summed E-state index contributed by atoms with van der Waals surface area (Å²) >= 11 is 0. The van der Waals surface area contributed by atoms with Crippen LogP contribution in [-0.2, 0) is 23.7 Å². The van der Waals surface area contributed by atoms with E-state index in [4.69, 9.17) is 18.9 Å². The highest BCUT2D eigenvalue weighted by Crippen LogP contribution is 2.30. The Morgan fingerprint density at radius 2 is 0.959 bits per heavy atom. The molecule has 0 bridgehead atoms. The number of hydrogen-bond acceptors (Lipinski definition) is 13. The first-order valence-corrected chi connectivity index (χ1v) is 28.0. The van der Waals surface area contributed by atoms with Crippen molar-refractivity contribution < 1.29 is 64.6 Å². The molecule has 2 saturated heterocycles. The largest absolute Gasteiger partial charge is 0.394 e. The maximum atomic E-state index is 13.2. The van der Waals surface area contributed by atoms with Crippen LogP contribution < -0.4 is 5.32 Å². The summed E-state index contributed by atoms with van der Waals surface area (Å²) in [5.41, 5.74) is 0. The van der Waals surface area contributed by atoms with Crippen molar-refractivity contribution in [1.29, 1.82) is 0 Å². The molecular formula is C59H99NO13. The van der Waals surface area contributed by atoms with E-state index < -0.39 is 86.8 Å². The lowest BCUT2D eigenvalue weighted by Gasteiger charge is -2.46. The van der Waals surface area contributed by atoms with E-state index in [-0.39, 0.29) is 18.9 Å². The van der Waals surface area contributed by atoms with Crippen molar-refractivity contribution in [2.24, 2.45) is 0 Å². The fraction of sp³-hybridized carbons (Fsp3) is 0.712. The van der Waals surface area contributed by atoms with Crippen molar-refractivity contribution in [3.63, 3.8) is 0 Å². The molecule has 0 aromatic heterocycles. The lowest BCUT2D eigenvalue weighted by molar-refractivity contribution is -0.359. The molecule has 12 unspecified atom stereocenters. The molecule has 0 aromatic rings. The fourth-order valence-corrected chi connectivity index (χ4v) is 8.48. The van der Waals surface area contributed by atoms with E-state index in [9.17, 15) is 45.6 Å². The third-order valence-electron chi connectivity index (χ3n) is 13.0. The summed E-state index contributed by atoms with van der Waals surface area (Å²) in [5.74, 6) is -0.295. The molecule has 2 aliphatic rings. The zero-order valence-electron chi connectivity index (χ0n) is 44.6. The molecule has 14 heteroatoms. The second-order valence-corrected chi connectivity index (χ2v) is 19.3. The molecule has 0 aliphatic carbocycles. The van der Waals surface area contributed by atoms with E-state index in [0.29, 0.717) is 12.8 Å². The first-order chi connectivity index (χ1) is 35.6. The van der Waals surface area contributed by atoms with Gasteiger partial charge in [-0.2, -0.15) is 0 Å². The van der Waals surface area contributed by atoms with Crippen LogP contribution in [0.1, 0.15) is 174 Å². The first kappa shape index (κ1) is 66.0. The van der Waals surface area contributed by atoms with Gasteiger partial charge in [0.1, 0.15) is 48.8 Å². The number of allylic oxidation sites excluding steroid dienone is 15. The number of nitrogens with one attached hydrogen (secondary N) is 1. The topological polar surface area (TPSA) is 228 Å². The van der Waals surface area contributed by atoms with Gasteiger partial charge in [-0.15, -0.1) is 0 Å². The maximum Gasteiger partial charge on any atom is 0.220 e. The number of unbranched alkanes of at least 4 members (excludes halogenated alkanes) is 15. The van der Waals surface area contributed by atoms with Crippen molar-refractivity contribution >= 4 is 5.91 Å². The number of hydrogen-bond donors (Lipinski definition) is 9. The summed E-state index contributed by atoms with van der Waals surface area (Å²) in [4.78, 5) is 13.2. The minimum Gasteiger partial charge on any atom is -0.394 e. The van der Waals surface area contributed by atoms with Gasteiger partial charge in [0.2, 0.25) is 5.91 Å². The lowest BCUT2D eigenvalue weighted by Crippen LogP contribution is -2.65. The van der Waals surface area contributed by atoms with Gasteiger partial charge in [-0.3, -0.25) is 4.79 Å². The zero-order chi connectivity index (χ0) is 53.2. The highest BCUT2D eigenvalue weighted by atomic mass is 16.7. The summed E-state index contributed by atoms with van der Waals surface area (Å²) in [6, 6.07) is -0.961. The van der Waals surface area contributed by atoms with Crippen molar-refractivity contribution in [2.75, 3.05) is 19.8 Å². The molecule has 2 fully saturated rings. The lowest BCUT2D eigenvalue weighted by atomic mass is 9.97. The Balaban J connectivity index is 1.85. The number of rotatable bonds is 42. The monoisotopic (exact) mass is 1030 g/mol. The van der Waals surface area contributed by atoms with E-state index >= 15 is 0 Å². The molecule has 1 amide bonds. The molecule has 418 valence electrons. The zero-order valence-corrected chi connectivity index (χ0v) is 44.6. The summed E-state index contributed by atoms with van der Waals surface area (Å²) in [6.07, 6.45) is 43.0. The highest BCUT2D eigenvalue weighted by Gasteiger charge is 2.51. The van der Waals surface area contributed by atoms with Gasteiger partial charge in [0.05, 0.1) is 32.0 Å². The number of amides is 1. The summed E-state index contributed by atoms with van der Waals surface area (Å²) in [6.45, 7) is 2.61. The van der Waals surface area contributed by atoms with Crippen LogP contribution in [0.3, 0.4) is 0 Å². The average Bonchev–Trinajstić information content (AvgIpc) is 3.39. The smallest absolute Gasteiger partial charge is 0.220 e. The van der Waals surface area contributed by atoms with E-state index in [1.54, 1.807) is 6.08 Å². The van der Waals surface area contributed by atoms with Gasteiger partial charge in [-0.25, -0.2) is 0 Å². The SMILES string of the molecule is CC/C=C\C/C=C\C/C=C\C/C=C\C/C=C\C/C=C\CCCCC(=O)NC(COC1OC(CO)C(OC2OC(CO)C(O)C(O)C2O)C(O)C1O)C(O)/C=C/CC/C=C/CCCCCCCCCCCCCC. The molecular weight excluding hydrogens is 931 g/mol. The van der Waals surface area contributed by atoms with Crippen molar-refractivity contribution in [1.82, 2.24) is 5.32 Å². The van der Waals surface area contributed by atoms with Crippen LogP contribution in [0.25, 0.3) is 0 Å². The number of carbonyl (C=O) groups is 1. The van der Waals surface area contributed by atoms with Gasteiger partial charge < -0.3 is 65.1 Å². The summed E-state index contributed by atoms with van der Waals surface area (Å²) < 4.78 is 22.7. The molecule has 2 aliphatic heterocycles. The predicted octanol–water partition coefficient (Wildman–Crippen LogP) is 8.71. The second kappa shape index (κ2) is 44.1. The Hall–Kier alpha value is -3.09. The highest BCUT2D eigenvalue weighted by molar-refractivity contribution is 5.76. The van der Waals surface area contributed by atoms with Crippen LogP contribution in [0.2, 0.25) is 0 Å². The maximum absolute atomic E-state index is 13.2. The third kappa shape index (κ3) is 30.3. The summed E-state index contributed by atoms with van der Waals surface area (Å²) in [7, 11) is 0. The molecule has 2 heterocycles. The number of aliphatic hydroxyl groups is 8. The first-order valence-electron chi connectivity index (χ1n) is 28.0. The molecule has 12 atom stereocenters. The Bertz CT molecular complexity index is 1590. The van der Waals surface area contributed by atoms with Crippen molar-refractivity contribution in [3.05, 3.63) is 97.2 Å². The molecule has 73 heavy (non-hydrogen) atoms. The minimum atomic E-state index is -1.80. The number of aliphatic hydroxyl groups excluding tert-OH is 8. The Morgan fingerprint density at radius 1 is 0.507 bits per heavy atom. The predicted molar refractivity (Wildman–Crippen MR) is 290 cm³/mol. The van der Waals surface area contributed by atoms with Gasteiger partial charge in [0, 0.05) is 6.42 Å². The Kier molecular flexibility index (Phi) is 39.9. The fourth-order valence-electron chi connectivity index (χ4n) is 8.48. The minimum absolute atomic E-state index is 0.213. The quantitative estimate of drug-likeness (QED) is 0.0206. The molecule has 0 spiro atoms. The van der Waals surface area contributed by atoms with Gasteiger partial charge in [-0.1, -0.05) is 182 Å². The van der Waals surface area contributed by atoms with Gasteiger partial charge >= 0.3 is 0 Å². The van der Waals surface area contributed by atoms with E-state index in [1.165, 1.54) is 77.0 Å². The van der Waals surface area contributed by atoms with E-state index in [2.05, 4.69) is 104 Å². The molecule has 2 rings (SSSR count). The molecule has 9 N–H and O–H groups in total. The van der Waals surface area contributed by atoms with Crippen LogP contribution in [0.4, 0.5) is 0 Å². The normalized spacial score (nSPS) is 26.2. The van der Waals surface area contributed by atoms with Gasteiger partial charge in [0.15, 0.2) is 12.6 Å². The van der Waals surface area contributed by atoms with Crippen LogP contribution >= 0.6 is 0 Å². The van der Waals surface area contributed by atoms with Crippen LogP contribution in [-0.4, -0.2) is 140 Å². The molecule has 0 radical (unpaired) electrons. The second-order valence-electron chi connectivity index (χ2n) is 19.3. The number of carbonyl (C=O) groups excluding carboxylic acids is 1. The Labute approximate surface area is 439 Å². The van der Waals surface area contributed by atoms with E-state index in [1.807, 2.05) is 6.08 Å². The van der Waals surface area contributed by atoms with Crippen molar-refractivity contribution in [2.45, 2.75) is 248 Å². The molecule has 0 saturated carbocycles. The Morgan fingerprint density at radius 3 is 1.51 bits per heavy atom. The molecule has 14 nitrogen and oxygen atoms in total. The third-order valence-corrected chi connectivity index (χ3v) is 13.0. The average molecular weight is 1030 g/mol. The summed E-state index contributed by atoms with van der Waals surface area (Å²) in [5, 5.41) is 86.9.